The van der Waals surface area contributed by atoms with E-state index in [-0.39, 0.29) is 48.9 Å². The summed E-state index contributed by atoms with van der Waals surface area (Å²) in [6.07, 6.45) is -0.403. The normalized spacial score (nSPS) is 17.9. The maximum atomic E-state index is 14.8. The highest BCUT2D eigenvalue weighted by molar-refractivity contribution is 5.97. The molecular formula is C27H30F3N3O4. The molecule has 37 heavy (non-hydrogen) atoms. The molecule has 0 saturated carbocycles. The van der Waals surface area contributed by atoms with Crippen LogP contribution in [-0.2, 0) is 11.3 Å². The highest BCUT2D eigenvalue weighted by atomic mass is 19.1. The molecule has 1 amide bonds. The molecule has 1 aliphatic heterocycles. The van der Waals surface area contributed by atoms with E-state index in [9.17, 15) is 22.8 Å². The number of halogens is 3. The second kappa shape index (κ2) is 10.1. The minimum atomic E-state index is -1.37. The molecule has 1 fully saturated rings. The Hall–Kier alpha value is -3.56. The SMILES string of the molecule is Cc1cc(OCc2c(F)cccc2F)c2nc(C)c(C(=O)CC3CN(C(=O)OC(C)(C)C)CC3F)n2c1. The lowest BCUT2D eigenvalue weighted by atomic mass is 9.98. The number of benzene rings is 1. The van der Waals surface area contributed by atoms with Crippen LogP contribution in [0.3, 0.4) is 0 Å². The van der Waals surface area contributed by atoms with E-state index in [2.05, 4.69) is 4.98 Å². The number of alkyl halides is 1. The Morgan fingerprint density at radius 3 is 2.46 bits per heavy atom. The van der Waals surface area contributed by atoms with Crippen LogP contribution in [0.1, 0.15) is 54.5 Å². The first-order chi connectivity index (χ1) is 17.3. The van der Waals surface area contributed by atoms with Crippen molar-refractivity contribution in [1.29, 1.82) is 0 Å². The van der Waals surface area contributed by atoms with Crippen LogP contribution in [0.25, 0.3) is 5.65 Å². The Labute approximate surface area is 213 Å². The molecular weight excluding hydrogens is 487 g/mol. The van der Waals surface area contributed by atoms with Gasteiger partial charge in [-0.2, -0.15) is 0 Å². The topological polar surface area (TPSA) is 73.1 Å². The van der Waals surface area contributed by atoms with Crippen LogP contribution in [0.5, 0.6) is 5.75 Å². The van der Waals surface area contributed by atoms with Crippen LogP contribution < -0.4 is 4.74 Å². The third kappa shape index (κ3) is 5.73. The van der Waals surface area contributed by atoms with Gasteiger partial charge in [-0.1, -0.05) is 6.07 Å². The van der Waals surface area contributed by atoms with Crippen molar-refractivity contribution in [2.45, 2.75) is 59.4 Å². The summed E-state index contributed by atoms with van der Waals surface area (Å²) >= 11 is 0. The van der Waals surface area contributed by atoms with Gasteiger partial charge in [0, 0.05) is 25.1 Å². The van der Waals surface area contributed by atoms with Crippen LogP contribution in [0.4, 0.5) is 18.0 Å². The first kappa shape index (κ1) is 26.5. The minimum Gasteiger partial charge on any atom is -0.485 e. The van der Waals surface area contributed by atoms with E-state index in [1.54, 1.807) is 51.3 Å². The van der Waals surface area contributed by atoms with E-state index < -0.39 is 35.4 Å². The fourth-order valence-electron chi connectivity index (χ4n) is 4.45. The van der Waals surface area contributed by atoms with Crippen LogP contribution in [-0.4, -0.2) is 51.0 Å². The summed E-state index contributed by atoms with van der Waals surface area (Å²) in [6, 6.07) is 5.24. The maximum absolute atomic E-state index is 14.8. The lowest BCUT2D eigenvalue weighted by molar-refractivity contribution is 0.0280. The van der Waals surface area contributed by atoms with Crippen molar-refractivity contribution in [3.63, 3.8) is 0 Å². The Bertz CT molecular complexity index is 1330. The van der Waals surface area contributed by atoms with E-state index >= 15 is 0 Å². The highest BCUT2D eigenvalue weighted by Gasteiger charge is 2.39. The van der Waals surface area contributed by atoms with Gasteiger partial charge < -0.3 is 14.4 Å². The number of amides is 1. The fourth-order valence-corrected chi connectivity index (χ4v) is 4.45. The molecule has 0 spiro atoms. The lowest BCUT2D eigenvalue weighted by Gasteiger charge is -2.24. The van der Waals surface area contributed by atoms with Crippen molar-refractivity contribution in [2.75, 3.05) is 13.1 Å². The maximum Gasteiger partial charge on any atom is 0.410 e. The number of carbonyl (C=O) groups is 2. The van der Waals surface area contributed by atoms with Gasteiger partial charge in [-0.15, -0.1) is 0 Å². The first-order valence-corrected chi connectivity index (χ1v) is 12.0. The number of aryl methyl sites for hydroxylation is 2. The number of aromatic nitrogens is 2. The second-order valence-corrected chi connectivity index (χ2v) is 10.4. The summed E-state index contributed by atoms with van der Waals surface area (Å²) in [4.78, 5) is 31.4. The number of hydrogen-bond acceptors (Lipinski definition) is 5. The summed E-state index contributed by atoms with van der Waals surface area (Å²) < 4.78 is 55.5. The van der Waals surface area contributed by atoms with Crippen molar-refractivity contribution in [1.82, 2.24) is 14.3 Å². The molecule has 198 valence electrons. The third-order valence-electron chi connectivity index (χ3n) is 6.16. The van der Waals surface area contributed by atoms with Gasteiger partial charge in [0.15, 0.2) is 17.2 Å². The average molecular weight is 518 g/mol. The zero-order chi connectivity index (χ0) is 27.1. The van der Waals surface area contributed by atoms with Crippen molar-refractivity contribution < 1.29 is 32.2 Å². The zero-order valence-corrected chi connectivity index (χ0v) is 21.5. The number of nitrogens with zero attached hydrogens (tertiary/aromatic N) is 3. The van der Waals surface area contributed by atoms with Gasteiger partial charge in [-0.25, -0.2) is 22.9 Å². The number of ketones is 1. The van der Waals surface area contributed by atoms with Gasteiger partial charge in [0.05, 0.1) is 17.8 Å². The van der Waals surface area contributed by atoms with Crippen molar-refractivity contribution in [2.24, 2.45) is 5.92 Å². The quantitative estimate of drug-likeness (QED) is 0.399. The number of ether oxygens (including phenoxy) is 2. The number of fused-ring (bicyclic) bond motifs is 1. The van der Waals surface area contributed by atoms with Crippen molar-refractivity contribution in [3.8, 4) is 5.75 Å². The molecule has 2 aromatic heterocycles. The second-order valence-electron chi connectivity index (χ2n) is 10.4. The predicted molar refractivity (Wildman–Crippen MR) is 130 cm³/mol. The number of imidazole rings is 1. The average Bonchev–Trinajstić information content (AvgIpc) is 3.31. The van der Waals surface area contributed by atoms with Gasteiger partial charge >= 0.3 is 6.09 Å². The summed E-state index contributed by atoms with van der Waals surface area (Å²) in [6.45, 7) is 8.21. The Balaban J connectivity index is 1.55. The molecule has 7 nitrogen and oxygen atoms in total. The molecule has 1 aromatic carbocycles. The van der Waals surface area contributed by atoms with E-state index in [0.717, 1.165) is 17.7 Å². The van der Waals surface area contributed by atoms with Crippen LogP contribution in [0.2, 0.25) is 0 Å². The van der Waals surface area contributed by atoms with E-state index in [4.69, 9.17) is 9.47 Å². The Kier molecular flexibility index (Phi) is 7.21. The monoisotopic (exact) mass is 517 g/mol. The molecule has 0 aliphatic carbocycles. The van der Waals surface area contributed by atoms with Crippen LogP contribution in [0, 0.1) is 31.4 Å². The number of rotatable bonds is 6. The summed E-state index contributed by atoms with van der Waals surface area (Å²) in [7, 11) is 0. The van der Waals surface area contributed by atoms with Crippen LogP contribution >= 0.6 is 0 Å². The smallest absolute Gasteiger partial charge is 0.410 e. The van der Waals surface area contributed by atoms with Gasteiger partial charge in [0.1, 0.15) is 35.7 Å². The molecule has 0 N–H and O–H groups in total. The van der Waals surface area contributed by atoms with Crippen molar-refractivity contribution >= 4 is 17.5 Å². The van der Waals surface area contributed by atoms with Crippen LogP contribution in [0.15, 0.2) is 30.5 Å². The standard InChI is InChI=1S/C27H30F3N3O4/c1-15-9-23(36-14-18-19(28)7-6-8-20(18)29)25-31-16(2)24(33(25)11-15)22(34)10-17-12-32(13-21(17)30)26(35)37-27(3,4)5/h6-9,11,17,21H,10,12-14H2,1-5H3. The largest absolute Gasteiger partial charge is 0.485 e. The van der Waals surface area contributed by atoms with Crippen molar-refractivity contribution in [3.05, 3.63) is 64.6 Å². The molecule has 10 heteroatoms. The lowest BCUT2D eigenvalue weighted by Crippen LogP contribution is -2.35. The molecule has 2 unspecified atom stereocenters. The van der Waals surface area contributed by atoms with E-state index in [1.807, 2.05) is 0 Å². The fraction of sp³-hybridized carbons (Fsp3) is 0.444. The predicted octanol–water partition coefficient (Wildman–Crippen LogP) is 5.59. The Morgan fingerprint density at radius 2 is 1.81 bits per heavy atom. The molecule has 0 bridgehead atoms. The molecule has 3 aromatic rings. The number of pyridine rings is 1. The number of hydrogen-bond donors (Lipinski definition) is 0. The third-order valence-corrected chi connectivity index (χ3v) is 6.16. The minimum absolute atomic E-state index is 0.0686. The summed E-state index contributed by atoms with van der Waals surface area (Å²) in [5.74, 6) is -2.21. The summed E-state index contributed by atoms with van der Waals surface area (Å²) in [5, 5.41) is 0. The molecule has 3 heterocycles. The highest BCUT2D eigenvalue weighted by Crippen LogP contribution is 2.30. The first-order valence-electron chi connectivity index (χ1n) is 12.0. The Morgan fingerprint density at radius 1 is 1.14 bits per heavy atom. The van der Waals surface area contributed by atoms with Gasteiger partial charge in [0.2, 0.25) is 0 Å². The summed E-state index contributed by atoms with van der Waals surface area (Å²) in [5.41, 5.74) is 0.787. The van der Waals surface area contributed by atoms with E-state index in [1.165, 1.54) is 11.0 Å². The molecule has 1 aliphatic rings. The van der Waals surface area contributed by atoms with Gasteiger partial charge in [0.25, 0.3) is 0 Å². The molecule has 4 rings (SSSR count). The molecule has 2 atom stereocenters. The van der Waals surface area contributed by atoms with E-state index in [0.29, 0.717) is 11.3 Å². The van der Waals surface area contributed by atoms with Gasteiger partial charge in [-0.05, 0) is 58.4 Å². The zero-order valence-electron chi connectivity index (χ0n) is 21.5. The number of carbonyl (C=O) groups excluding carboxylic acids is 2. The molecule has 0 radical (unpaired) electrons. The molecule has 1 saturated heterocycles. The van der Waals surface area contributed by atoms with Gasteiger partial charge in [-0.3, -0.25) is 9.20 Å². The number of Topliss-reactive ketones (excluding diaryl/α,β-unsaturated/α-hetero) is 1. The number of likely N-dealkylation sites (tertiary alicyclic amines) is 1.